The maximum atomic E-state index is 11.8. The van der Waals surface area contributed by atoms with Crippen LogP contribution in [0.5, 0.6) is 0 Å². The minimum Gasteiger partial charge on any atom is -0.478 e. The summed E-state index contributed by atoms with van der Waals surface area (Å²) in [7, 11) is 3.97. The van der Waals surface area contributed by atoms with Gasteiger partial charge in [-0.3, -0.25) is 0 Å². The smallest absolute Gasteiger partial charge is 0.336 e. The van der Waals surface area contributed by atoms with Crippen LogP contribution in [0.25, 0.3) is 11.6 Å². The number of carbonyl (C=O) groups is 1. The molecule has 1 N–H and O–H groups in total. The molecule has 1 aliphatic rings. The zero-order valence-corrected chi connectivity index (χ0v) is 14.2. The van der Waals surface area contributed by atoms with Crippen molar-refractivity contribution in [2.45, 2.75) is 25.7 Å². The maximum Gasteiger partial charge on any atom is 0.336 e. The Morgan fingerprint density at radius 1 is 1.00 bits per heavy atom. The van der Waals surface area contributed by atoms with Crippen LogP contribution in [-0.4, -0.2) is 25.2 Å². The number of aliphatic carboxylic acids is 1. The molecule has 0 saturated carbocycles. The van der Waals surface area contributed by atoms with Gasteiger partial charge in [-0.25, -0.2) is 4.79 Å². The minimum absolute atomic E-state index is 0.348. The lowest BCUT2D eigenvalue weighted by Gasteiger charge is -2.17. The SMILES string of the molecule is CN(C)c1ccc(/C=C(\C(=O)O)c2ccc3c(c2)CCCC3)cc1. The molecule has 0 aliphatic heterocycles. The first kappa shape index (κ1) is 16.3. The van der Waals surface area contributed by atoms with E-state index < -0.39 is 5.97 Å². The monoisotopic (exact) mass is 321 g/mol. The number of hydrogen-bond acceptors (Lipinski definition) is 2. The van der Waals surface area contributed by atoms with E-state index >= 15 is 0 Å². The van der Waals surface area contributed by atoms with Gasteiger partial charge in [-0.1, -0.05) is 30.3 Å². The van der Waals surface area contributed by atoms with E-state index in [2.05, 4.69) is 12.1 Å². The van der Waals surface area contributed by atoms with Crippen molar-refractivity contribution in [3.63, 3.8) is 0 Å². The first-order valence-corrected chi connectivity index (χ1v) is 8.39. The lowest BCUT2D eigenvalue weighted by Crippen LogP contribution is -2.08. The summed E-state index contributed by atoms with van der Waals surface area (Å²) in [4.78, 5) is 13.8. The maximum absolute atomic E-state index is 11.8. The van der Waals surface area contributed by atoms with Crippen LogP contribution in [0.4, 0.5) is 5.69 Å². The summed E-state index contributed by atoms with van der Waals surface area (Å²) in [5.74, 6) is -0.887. The topological polar surface area (TPSA) is 40.5 Å². The first-order chi connectivity index (χ1) is 11.5. The molecule has 1 aliphatic carbocycles. The highest BCUT2D eigenvalue weighted by Crippen LogP contribution is 2.27. The van der Waals surface area contributed by atoms with Crippen molar-refractivity contribution in [1.82, 2.24) is 0 Å². The number of aryl methyl sites for hydroxylation is 2. The molecule has 0 spiro atoms. The Bertz CT molecular complexity index is 773. The molecule has 0 bridgehead atoms. The Labute approximate surface area is 143 Å². The molecule has 24 heavy (non-hydrogen) atoms. The molecule has 0 amide bonds. The van der Waals surface area contributed by atoms with E-state index in [0.717, 1.165) is 29.7 Å². The molecule has 2 aromatic rings. The largest absolute Gasteiger partial charge is 0.478 e. The van der Waals surface area contributed by atoms with Crippen LogP contribution in [-0.2, 0) is 17.6 Å². The second-order valence-corrected chi connectivity index (χ2v) is 6.54. The zero-order chi connectivity index (χ0) is 17.1. The molecule has 0 radical (unpaired) electrons. The normalized spacial score (nSPS) is 14.2. The molecule has 0 saturated heterocycles. The van der Waals surface area contributed by atoms with Crippen molar-refractivity contribution in [1.29, 1.82) is 0 Å². The Kier molecular flexibility index (Phi) is 4.70. The first-order valence-electron chi connectivity index (χ1n) is 8.39. The second kappa shape index (κ2) is 6.91. The summed E-state index contributed by atoms with van der Waals surface area (Å²) in [6, 6.07) is 14.0. The van der Waals surface area contributed by atoms with Crippen molar-refractivity contribution < 1.29 is 9.90 Å². The van der Waals surface area contributed by atoms with Crippen LogP contribution in [0.3, 0.4) is 0 Å². The van der Waals surface area contributed by atoms with Gasteiger partial charge in [0.25, 0.3) is 0 Å². The molecule has 124 valence electrons. The fraction of sp³-hybridized carbons (Fsp3) is 0.286. The molecule has 2 aromatic carbocycles. The Morgan fingerprint density at radius 2 is 1.67 bits per heavy atom. The third kappa shape index (κ3) is 3.51. The zero-order valence-electron chi connectivity index (χ0n) is 14.2. The molecule has 0 aromatic heterocycles. The molecule has 0 unspecified atom stereocenters. The third-order valence-electron chi connectivity index (χ3n) is 4.61. The van der Waals surface area contributed by atoms with E-state index in [9.17, 15) is 9.90 Å². The second-order valence-electron chi connectivity index (χ2n) is 6.54. The molecular formula is C21H23NO2. The summed E-state index contributed by atoms with van der Waals surface area (Å²) in [5.41, 5.74) is 5.80. The highest BCUT2D eigenvalue weighted by molar-refractivity contribution is 6.20. The van der Waals surface area contributed by atoms with E-state index in [-0.39, 0.29) is 0 Å². The average Bonchev–Trinajstić information content (AvgIpc) is 2.59. The van der Waals surface area contributed by atoms with Crippen molar-refractivity contribution >= 4 is 23.3 Å². The fourth-order valence-electron chi connectivity index (χ4n) is 3.20. The number of fused-ring (bicyclic) bond motifs is 1. The van der Waals surface area contributed by atoms with E-state index in [0.29, 0.717) is 5.57 Å². The fourth-order valence-corrected chi connectivity index (χ4v) is 3.20. The number of carboxylic acids is 1. The van der Waals surface area contributed by atoms with Gasteiger partial charge < -0.3 is 10.0 Å². The molecule has 0 fully saturated rings. The van der Waals surface area contributed by atoms with Crippen molar-refractivity contribution in [3.05, 3.63) is 64.7 Å². The standard InChI is InChI=1S/C21H23NO2/c1-22(2)19-11-7-15(8-12-19)13-20(21(23)24)18-10-9-16-5-3-4-6-17(16)14-18/h7-14H,3-6H2,1-2H3,(H,23,24)/b20-13-. The van der Waals surface area contributed by atoms with Crippen molar-refractivity contribution in [2.24, 2.45) is 0 Å². The number of rotatable bonds is 4. The predicted molar refractivity (Wildman–Crippen MR) is 99.4 cm³/mol. The Hall–Kier alpha value is -2.55. The third-order valence-corrected chi connectivity index (χ3v) is 4.61. The minimum atomic E-state index is -0.887. The number of nitrogens with zero attached hydrogens (tertiary/aromatic N) is 1. The van der Waals surface area contributed by atoms with Gasteiger partial charge >= 0.3 is 5.97 Å². The molecule has 3 nitrogen and oxygen atoms in total. The highest BCUT2D eigenvalue weighted by Gasteiger charge is 2.15. The summed E-state index contributed by atoms with van der Waals surface area (Å²) in [6.45, 7) is 0. The summed E-state index contributed by atoms with van der Waals surface area (Å²) < 4.78 is 0. The van der Waals surface area contributed by atoms with Crippen LogP contribution in [0.1, 0.15) is 35.1 Å². The molecule has 3 rings (SSSR count). The van der Waals surface area contributed by atoms with Gasteiger partial charge in [0.1, 0.15) is 0 Å². The van der Waals surface area contributed by atoms with Crippen molar-refractivity contribution in [2.75, 3.05) is 19.0 Å². The van der Waals surface area contributed by atoms with E-state index in [1.807, 2.05) is 49.3 Å². The van der Waals surface area contributed by atoms with Gasteiger partial charge in [0.2, 0.25) is 0 Å². The molecule has 0 heterocycles. The predicted octanol–water partition coefficient (Wildman–Crippen LogP) is 4.26. The van der Waals surface area contributed by atoms with E-state index in [4.69, 9.17) is 0 Å². The summed E-state index contributed by atoms with van der Waals surface area (Å²) in [6.07, 6.45) is 6.33. The van der Waals surface area contributed by atoms with Gasteiger partial charge in [-0.05, 0) is 66.1 Å². The van der Waals surface area contributed by atoms with Crippen LogP contribution in [0.2, 0.25) is 0 Å². The summed E-state index contributed by atoms with van der Waals surface area (Å²) in [5, 5.41) is 9.66. The van der Waals surface area contributed by atoms with E-state index in [1.54, 1.807) is 6.08 Å². The lowest BCUT2D eigenvalue weighted by atomic mass is 9.89. The van der Waals surface area contributed by atoms with Crippen LogP contribution >= 0.6 is 0 Å². The van der Waals surface area contributed by atoms with Crippen molar-refractivity contribution in [3.8, 4) is 0 Å². The molecule has 0 atom stereocenters. The van der Waals surface area contributed by atoms with Gasteiger partial charge in [-0.2, -0.15) is 0 Å². The number of benzene rings is 2. The van der Waals surface area contributed by atoms with Gasteiger partial charge in [0.05, 0.1) is 5.57 Å². The van der Waals surface area contributed by atoms with Crippen LogP contribution in [0.15, 0.2) is 42.5 Å². The number of hydrogen-bond donors (Lipinski definition) is 1. The van der Waals surface area contributed by atoms with Gasteiger partial charge in [0.15, 0.2) is 0 Å². The molecule has 3 heteroatoms. The number of carboxylic acid groups (broad SMARTS) is 1. The lowest BCUT2D eigenvalue weighted by molar-refractivity contribution is -0.130. The van der Waals surface area contributed by atoms with Crippen LogP contribution < -0.4 is 4.90 Å². The van der Waals surface area contributed by atoms with E-state index in [1.165, 1.54) is 24.0 Å². The quantitative estimate of drug-likeness (QED) is 0.676. The van der Waals surface area contributed by atoms with Crippen LogP contribution in [0, 0.1) is 0 Å². The number of anilines is 1. The molecular weight excluding hydrogens is 298 g/mol. The Balaban J connectivity index is 1.96. The highest BCUT2D eigenvalue weighted by atomic mass is 16.4. The Morgan fingerprint density at radius 3 is 2.29 bits per heavy atom. The average molecular weight is 321 g/mol. The van der Waals surface area contributed by atoms with Gasteiger partial charge in [-0.15, -0.1) is 0 Å². The summed E-state index contributed by atoms with van der Waals surface area (Å²) >= 11 is 0. The van der Waals surface area contributed by atoms with Gasteiger partial charge in [0, 0.05) is 19.8 Å².